The lowest BCUT2D eigenvalue weighted by molar-refractivity contribution is 0.969. The fraction of sp³-hybridized carbons (Fsp3) is 0.300. The molecule has 0 fully saturated rings. The van der Waals surface area contributed by atoms with Crippen molar-refractivity contribution in [3.05, 3.63) is 18.0 Å². The summed E-state index contributed by atoms with van der Waals surface area (Å²) in [5.41, 5.74) is 7.56. The van der Waals surface area contributed by atoms with E-state index in [1.54, 1.807) is 4.90 Å². The van der Waals surface area contributed by atoms with Gasteiger partial charge in [0.25, 0.3) is 0 Å². The zero-order valence-electron chi connectivity index (χ0n) is 10.0. The highest BCUT2D eigenvalue weighted by molar-refractivity contribution is 5.55. The largest absolute Gasteiger partial charge is 0.368 e. The van der Waals surface area contributed by atoms with Crippen LogP contribution in [-0.2, 0) is 0 Å². The maximum atomic E-state index is 5.62. The van der Waals surface area contributed by atoms with Crippen molar-refractivity contribution >= 4 is 23.5 Å². The molecule has 0 saturated heterocycles. The van der Waals surface area contributed by atoms with E-state index < -0.39 is 0 Å². The van der Waals surface area contributed by atoms with Gasteiger partial charge in [-0.3, -0.25) is 0 Å². The van der Waals surface area contributed by atoms with Gasteiger partial charge in [-0.1, -0.05) is 0 Å². The zero-order chi connectivity index (χ0) is 12.4. The molecule has 0 bridgehead atoms. The summed E-state index contributed by atoms with van der Waals surface area (Å²) in [6, 6.07) is 1.95. The molecule has 4 N–H and O–H groups in total. The quantitative estimate of drug-likeness (QED) is 0.729. The summed E-state index contributed by atoms with van der Waals surface area (Å²) in [5.74, 6) is 1.14. The van der Waals surface area contributed by atoms with E-state index in [0.29, 0.717) is 11.9 Å². The minimum absolute atomic E-state index is 0.193. The van der Waals surface area contributed by atoms with Crippen LogP contribution in [0.2, 0.25) is 0 Å². The number of nitrogens with zero attached hydrogens (tertiary/aromatic N) is 4. The van der Waals surface area contributed by atoms with Gasteiger partial charge in [0.05, 0.1) is 5.69 Å². The molecule has 2 heterocycles. The van der Waals surface area contributed by atoms with Gasteiger partial charge in [-0.15, -0.1) is 0 Å². The van der Waals surface area contributed by atoms with Crippen molar-refractivity contribution < 1.29 is 0 Å². The van der Waals surface area contributed by atoms with Crippen molar-refractivity contribution in [2.75, 3.05) is 30.0 Å². The number of anilines is 4. The van der Waals surface area contributed by atoms with Gasteiger partial charge in [0.1, 0.15) is 0 Å². The molecule has 0 aliphatic rings. The molecule has 0 unspecified atom stereocenters. The van der Waals surface area contributed by atoms with Gasteiger partial charge in [0, 0.05) is 26.0 Å². The molecule has 0 amide bonds. The number of nitrogens with one attached hydrogen (secondary N) is 2. The maximum Gasteiger partial charge on any atom is 0.233 e. The number of aromatic nitrogens is 4. The average molecular weight is 233 g/mol. The Hall–Kier alpha value is -2.31. The molecule has 0 saturated carbocycles. The number of H-pyrrole nitrogens is 1. The van der Waals surface area contributed by atoms with Crippen molar-refractivity contribution in [1.82, 2.24) is 19.9 Å². The van der Waals surface area contributed by atoms with E-state index in [4.69, 9.17) is 5.73 Å². The van der Waals surface area contributed by atoms with Crippen LogP contribution in [0.5, 0.6) is 0 Å². The SMILES string of the molecule is Cc1cc(Nc2nc(N)nc(N(C)C)n2)c[nH]1. The topological polar surface area (TPSA) is 95.8 Å². The van der Waals surface area contributed by atoms with Crippen LogP contribution in [0.1, 0.15) is 5.69 Å². The lowest BCUT2D eigenvalue weighted by Gasteiger charge is -2.11. The number of rotatable bonds is 3. The lowest BCUT2D eigenvalue weighted by atomic mass is 10.4. The molecule has 0 aliphatic carbocycles. The number of hydrogen-bond donors (Lipinski definition) is 3. The van der Waals surface area contributed by atoms with Gasteiger partial charge in [-0.25, -0.2) is 0 Å². The number of aromatic amines is 1. The predicted molar refractivity (Wildman–Crippen MR) is 67.4 cm³/mol. The molecule has 2 rings (SSSR count). The first-order valence-corrected chi connectivity index (χ1v) is 5.15. The van der Waals surface area contributed by atoms with E-state index in [1.807, 2.05) is 33.3 Å². The highest BCUT2D eigenvalue weighted by Crippen LogP contribution is 2.16. The molecule has 0 aromatic carbocycles. The average Bonchev–Trinajstić information content (AvgIpc) is 2.63. The van der Waals surface area contributed by atoms with E-state index in [0.717, 1.165) is 11.4 Å². The molecule has 0 aliphatic heterocycles. The minimum atomic E-state index is 0.193. The Kier molecular flexibility index (Phi) is 2.82. The first-order chi connectivity index (χ1) is 8.04. The summed E-state index contributed by atoms with van der Waals surface area (Å²) in [6.07, 6.45) is 1.84. The fourth-order valence-corrected chi connectivity index (χ4v) is 1.35. The van der Waals surface area contributed by atoms with Crippen LogP contribution in [0.3, 0.4) is 0 Å². The zero-order valence-corrected chi connectivity index (χ0v) is 10.0. The van der Waals surface area contributed by atoms with E-state index >= 15 is 0 Å². The number of nitrogens with two attached hydrogens (primary N) is 1. The highest BCUT2D eigenvalue weighted by Gasteiger charge is 2.06. The summed E-state index contributed by atoms with van der Waals surface area (Å²) >= 11 is 0. The Balaban J connectivity index is 2.26. The minimum Gasteiger partial charge on any atom is -0.368 e. The van der Waals surface area contributed by atoms with Crippen LogP contribution >= 0.6 is 0 Å². The van der Waals surface area contributed by atoms with E-state index in [-0.39, 0.29) is 5.95 Å². The van der Waals surface area contributed by atoms with E-state index in [1.165, 1.54) is 0 Å². The molecule has 2 aromatic rings. The Morgan fingerprint density at radius 1 is 1.29 bits per heavy atom. The number of aryl methyl sites for hydroxylation is 1. The lowest BCUT2D eigenvalue weighted by Crippen LogP contribution is -2.15. The number of hydrogen-bond acceptors (Lipinski definition) is 6. The van der Waals surface area contributed by atoms with Gasteiger partial charge in [0.15, 0.2) is 0 Å². The molecule has 0 spiro atoms. The van der Waals surface area contributed by atoms with Gasteiger partial charge in [-0.05, 0) is 13.0 Å². The Labute approximate surface area is 99.1 Å². The standard InChI is InChI=1S/C10H15N7/c1-6-4-7(5-12-6)13-9-14-8(11)15-10(16-9)17(2)3/h4-5,12H,1-3H3,(H3,11,13,14,15,16). The molecule has 2 aromatic heterocycles. The van der Waals surface area contributed by atoms with Crippen molar-refractivity contribution in [1.29, 1.82) is 0 Å². The summed E-state index contributed by atoms with van der Waals surface area (Å²) < 4.78 is 0. The smallest absolute Gasteiger partial charge is 0.233 e. The monoisotopic (exact) mass is 233 g/mol. The molecule has 7 heteroatoms. The molecule has 0 atom stereocenters. The van der Waals surface area contributed by atoms with Crippen LogP contribution in [0, 0.1) is 6.92 Å². The normalized spacial score (nSPS) is 10.3. The predicted octanol–water partition coefficient (Wildman–Crippen LogP) is 0.900. The first-order valence-electron chi connectivity index (χ1n) is 5.15. The Morgan fingerprint density at radius 2 is 2.06 bits per heavy atom. The number of nitrogen functional groups attached to an aromatic ring is 1. The maximum absolute atomic E-state index is 5.62. The molecule has 0 radical (unpaired) electrons. The van der Waals surface area contributed by atoms with Crippen molar-refractivity contribution in [3.8, 4) is 0 Å². The highest BCUT2D eigenvalue weighted by atomic mass is 15.3. The van der Waals surface area contributed by atoms with Crippen LogP contribution in [0.15, 0.2) is 12.3 Å². The second-order valence-corrected chi connectivity index (χ2v) is 3.91. The Morgan fingerprint density at radius 3 is 2.65 bits per heavy atom. The summed E-state index contributed by atoms with van der Waals surface area (Å²) in [4.78, 5) is 17.1. The van der Waals surface area contributed by atoms with E-state index in [9.17, 15) is 0 Å². The summed E-state index contributed by atoms with van der Waals surface area (Å²) in [5, 5.41) is 3.06. The van der Waals surface area contributed by atoms with Crippen molar-refractivity contribution in [3.63, 3.8) is 0 Å². The van der Waals surface area contributed by atoms with Crippen LogP contribution in [0.25, 0.3) is 0 Å². The van der Waals surface area contributed by atoms with Crippen LogP contribution in [0.4, 0.5) is 23.5 Å². The fourth-order valence-electron chi connectivity index (χ4n) is 1.35. The third kappa shape index (κ3) is 2.63. The van der Waals surface area contributed by atoms with Crippen LogP contribution in [-0.4, -0.2) is 34.0 Å². The Bertz CT molecular complexity index is 517. The van der Waals surface area contributed by atoms with Crippen molar-refractivity contribution in [2.24, 2.45) is 0 Å². The third-order valence-corrected chi connectivity index (χ3v) is 2.12. The summed E-state index contributed by atoms with van der Waals surface area (Å²) in [7, 11) is 3.69. The van der Waals surface area contributed by atoms with Crippen LogP contribution < -0.4 is 16.0 Å². The molecule has 17 heavy (non-hydrogen) atoms. The van der Waals surface area contributed by atoms with Gasteiger partial charge in [0.2, 0.25) is 17.8 Å². The van der Waals surface area contributed by atoms with Gasteiger partial charge in [-0.2, -0.15) is 15.0 Å². The molecular formula is C10H15N7. The van der Waals surface area contributed by atoms with E-state index in [2.05, 4.69) is 25.3 Å². The second kappa shape index (κ2) is 4.28. The molecule has 90 valence electrons. The second-order valence-electron chi connectivity index (χ2n) is 3.91. The van der Waals surface area contributed by atoms with Crippen molar-refractivity contribution in [2.45, 2.75) is 6.92 Å². The summed E-state index contributed by atoms with van der Waals surface area (Å²) in [6.45, 7) is 1.97. The molecular weight excluding hydrogens is 218 g/mol. The first kappa shape index (κ1) is 11.2. The van der Waals surface area contributed by atoms with Gasteiger partial charge < -0.3 is 20.9 Å². The van der Waals surface area contributed by atoms with Gasteiger partial charge >= 0.3 is 0 Å². The molecule has 7 nitrogen and oxygen atoms in total. The third-order valence-electron chi connectivity index (χ3n) is 2.12.